The number of pyridine rings is 1. The molecule has 4 heteroatoms. The lowest BCUT2D eigenvalue weighted by molar-refractivity contribution is 0.138. The van der Waals surface area contributed by atoms with Crippen LogP contribution in [0.15, 0.2) is 18.3 Å². The first-order valence-corrected chi connectivity index (χ1v) is 7.71. The van der Waals surface area contributed by atoms with Crippen molar-refractivity contribution in [2.45, 2.75) is 45.1 Å². The number of nitrogens with zero attached hydrogens (tertiary/aromatic N) is 2. The van der Waals surface area contributed by atoms with Crippen molar-refractivity contribution in [3.05, 3.63) is 29.8 Å². The Labute approximate surface area is 120 Å². The van der Waals surface area contributed by atoms with Crippen LogP contribution in [-0.2, 0) is 0 Å². The molecule has 2 rings (SSSR count). The molecule has 1 fully saturated rings. The molecule has 0 aliphatic carbocycles. The van der Waals surface area contributed by atoms with E-state index in [4.69, 9.17) is 0 Å². The molecule has 0 bridgehead atoms. The minimum absolute atomic E-state index is 0.362. The summed E-state index contributed by atoms with van der Waals surface area (Å²) in [7, 11) is 0. The maximum absolute atomic E-state index is 12.8. The molecule has 1 aliphatic heterocycles. The summed E-state index contributed by atoms with van der Waals surface area (Å²) < 4.78 is 12.8. The van der Waals surface area contributed by atoms with E-state index in [2.05, 4.69) is 16.8 Å². The summed E-state index contributed by atoms with van der Waals surface area (Å²) in [6.45, 7) is 5.41. The Kier molecular flexibility index (Phi) is 5.92. The van der Waals surface area contributed by atoms with Gasteiger partial charge in [-0.05, 0) is 56.8 Å². The predicted molar refractivity (Wildman–Crippen MR) is 77.8 cm³/mol. The maximum Gasteiger partial charge on any atom is 0.141 e. The molecule has 0 spiro atoms. The van der Waals surface area contributed by atoms with Gasteiger partial charge in [-0.3, -0.25) is 4.98 Å². The molecule has 1 saturated heterocycles. The molecule has 1 aromatic rings. The second kappa shape index (κ2) is 7.70. The third-order valence-corrected chi connectivity index (χ3v) is 4.33. The average molecular weight is 280 g/mol. The van der Waals surface area contributed by atoms with Gasteiger partial charge in [0, 0.05) is 6.54 Å². The molecule has 2 heterocycles. The van der Waals surface area contributed by atoms with Crippen molar-refractivity contribution in [1.82, 2.24) is 9.88 Å². The highest BCUT2D eigenvalue weighted by Gasteiger charge is 2.17. The van der Waals surface area contributed by atoms with E-state index < -0.39 is 6.10 Å². The van der Waals surface area contributed by atoms with Crippen molar-refractivity contribution in [3.63, 3.8) is 0 Å². The first-order chi connectivity index (χ1) is 9.69. The average Bonchev–Trinajstić information content (AvgIpc) is 2.70. The zero-order valence-corrected chi connectivity index (χ0v) is 12.3. The Morgan fingerprint density at radius 1 is 1.40 bits per heavy atom. The highest BCUT2D eigenvalue weighted by Crippen LogP contribution is 2.21. The Morgan fingerprint density at radius 2 is 2.25 bits per heavy atom. The Hall–Kier alpha value is -1.00. The molecular formula is C16H25FN2O. The zero-order chi connectivity index (χ0) is 14.4. The van der Waals surface area contributed by atoms with Crippen LogP contribution in [0.1, 0.15) is 50.8 Å². The van der Waals surface area contributed by atoms with Crippen LogP contribution >= 0.6 is 0 Å². The van der Waals surface area contributed by atoms with Crippen molar-refractivity contribution in [3.8, 4) is 0 Å². The van der Waals surface area contributed by atoms with E-state index >= 15 is 0 Å². The molecule has 2 atom stereocenters. The summed E-state index contributed by atoms with van der Waals surface area (Å²) in [6.07, 6.45) is 6.35. The van der Waals surface area contributed by atoms with Gasteiger partial charge in [0.15, 0.2) is 0 Å². The van der Waals surface area contributed by atoms with E-state index in [9.17, 15) is 9.50 Å². The number of aliphatic hydroxyl groups excluding tert-OH is 1. The van der Waals surface area contributed by atoms with Crippen LogP contribution in [0.3, 0.4) is 0 Å². The minimum Gasteiger partial charge on any atom is -0.387 e. The highest BCUT2D eigenvalue weighted by molar-refractivity contribution is 5.07. The van der Waals surface area contributed by atoms with Gasteiger partial charge in [0.05, 0.1) is 18.0 Å². The van der Waals surface area contributed by atoms with Gasteiger partial charge < -0.3 is 10.0 Å². The number of rotatable bonds is 5. The van der Waals surface area contributed by atoms with Crippen LogP contribution in [0.25, 0.3) is 0 Å². The topological polar surface area (TPSA) is 36.4 Å². The molecule has 3 nitrogen and oxygen atoms in total. The third kappa shape index (κ3) is 4.53. The van der Waals surface area contributed by atoms with Gasteiger partial charge in [0.1, 0.15) is 5.82 Å². The third-order valence-electron chi connectivity index (χ3n) is 4.33. The first-order valence-electron chi connectivity index (χ1n) is 7.71. The number of hydrogen-bond acceptors (Lipinski definition) is 3. The van der Waals surface area contributed by atoms with Crippen LogP contribution in [0.4, 0.5) is 4.39 Å². The number of likely N-dealkylation sites (tertiary alicyclic amines) is 1. The highest BCUT2D eigenvalue weighted by atomic mass is 19.1. The molecule has 0 radical (unpaired) electrons. The quantitative estimate of drug-likeness (QED) is 0.900. The molecular weight excluding hydrogens is 255 g/mol. The summed E-state index contributed by atoms with van der Waals surface area (Å²) in [5.74, 6) is 0.503. The fourth-order valence-corrected chi connectivity index (χ4v) is 2.89. The lowest BCUT2D eigenvalue weighted by atomic mass is 9.98. The van der Waals surface area contributed by atoms with Crippen LogP contribution in [-0.4, -0.2) is 34.6 Å². The molecule has 1 aromatic heterocycles. The van der Waals surface area contributed by atoms with Crippen molar-refractivity contribution < 1.29 is 9.50 Å². The van der Waals surface area contributed by atoms with Crippen LogP contribution in [0.5, 0.6) is 0 Å². The Morgan fingerprint density at radius 3 is 2.95 bits per heavy atom. The Bertz CT molecular complexity index is 396. The summed E-state index contributed by atoms with van der Waals surface area (Å²) in [6, 6.07) is 2.92. The normalized spacial score (nSPS) is 22.4. The first kappa shape index (κ1) is 15.4. The van der Waals surface area contributed by atoms with Crippen molar-refractivity contribution in [1.29, 1.82) is 0 Å². The second-order valence-electron chi connectivity index (χ2n) is 5.75. The number of halogens is 1. The number of hydrogen-bond donors (Lipinski definition) is 1. The molecule has 0 aromatic carbocycles. The van der Waals surface area contributed by atoms with Crippen molar-refractivity contribution in [2.24, 2.45) is 5.92 Å². The summed E-state index contributed by atoms with van der Waals surface area (Å²) in [4.78, 5) is 6.38. The fourth-order valence-electron chi connectivity index (χ4n) is 2.89. The molecule has 1 aliphatic rings. The zero-order valence-electron chi connectivity index (χ0n) is 12.3. The second-order valence-corrected chi connectivity index (χ2v) is 5.75. The van der Waals surface area contributed by atoms with Crippen LogP contribution < -0.4 is 0 Å². The van der Waals surface area contributed by atoms with Gasteiger partial charge in [0.2, 0.25) is 0 Å². The van der Waals surface area contributed by atoms with Crippen molar-refractivity contribution >= 4 is 0 Å². The predicted octanol–water partition coefficient (Wildman–Crippen LogP) is 3.16. The van der Waals surface area contributed by atoms with Gasteiger partial charge in [0.25, 0.3) is 0 Å². The van der Waals surface area contributed by atoms with Gasteiger partial charge in [-0.15, -0.1) is 0 Å². The van der Waals surface area contributed by atoms with Crippen LogP contribution in [0, 0.1) is 11.7 Å². The molecule has 1 N–H and O–H groups in total. The monoisotopic (exact) mass is 280 g/mol. The molecule has 0 saturated carbocycles. The lowest BCUT2D eigenvalue weighted by Gasteiger charge is -2.21. The molecule has 2 unspecified atom stereocenters. The molecule has 20 heavy (non-hydrogen) atoms. The largest absolute Gasteiger partial charge is 0.387 e. The van der Waals surface area contributed by atoms with Gasteiger partial charge in [-0.2, -0.15) is 0 Å². The SMILES string of the molecule is CCC1CCCN(CCC(O)c2ccc(F)cn2)CC1. The van der Waals surface area contributed by atoms with E-state index in [-0.39, 0.29) is 5.82 Å². The molecule has 0 amide bonds. The summed E-state index contributed by atoms with van der Waals surface area (Å²) in [5, 5.41) is 10.1. The van der Waals surface area contributed by atoms with Gasteiger partial charge in [-0.1, -0.05) is 13.3 Å². The minimum atomic E-state index is -0.596. The lowest BCUT2D eigenvalue weighted by Crippen LogP contribution is -2.27. The fraction of sp³-hybridized carbons (Fsp3) is 0.688. The van der Waals surface area contributed by atoms with Crippen LogP contribution in [0.2, 0.25) is 0 Å². The maximum atomic E-state index is 12.8. The van der Waals surface area contributed by atoms with Gasteiger partial charge in [-0.25, -0.2) is 4.39 Å². The number of aromatic nitrogens is 1. The van der Waals surface area contributed by atoms with E-state index in [1.165, 1.54) is 31.7 Å². The smallest absolute Gasteiger partial charge is 0.141 e. The van der Waals surface area contributed by atoms with E-state index in [1.54, 1.807) is 6.07 Å². The Balaban J connectivity index is 1.78. The van der Waals surface area contributed by atoms with E-state index in [0.717, 1.165) is 31.7 Å². The van der Waals surface area contributed by atoms with E-state index in [1.807, 2.05) is 0 Å². The van der Waals surface area contributed by atoms with Crippen molar-refractivity contribution in [2.75, 3.05) is 19.6 Å². The number of aliphatic hydroxyl groups is 1. The summed E-state index contributed by atoms with van der Waals surface area (Å²) >= 11 is 0. The van der Waals surface area contributed by atoms with Gasteiger partial charge >= 0.3 is 0 Å². The summed E-state index contributed by atoms with van der Waals surface area (Å²) in [5.41, 5.74) is 0.563. The van der Waals surface area contributed by atoms with E-state index in [0.29, 0.717) is 12.1 Å². The standard InChI is InChI=1S/C16H25FN2O/c1-2-13-4-3-9-19(10-7-13)11-8-16(20)15-6-5-14(17)12-18-15/h5-6,12-13,16,20H,2-4,7-11H2,1H3. The molecule has 112 valence electrons.